The molecule has 0 unspecified atom stereocenters. The van der Waals surface area contributed by atoms with Crippen LogP contribution in [-0.2, 0) is 0 Å². The van der Waals surface area contributed by atoms with Crippen LogP contribution in [0, 0.1) is 21.4 Å². The summed E-state index contributed by atoms with van der Waals surface area (Å²) in [7, 11) is 0. The van der Waals surface area contributed by atoms with Gasteiger partial charge < -0.3 is 5.32 Å². The number of carbonyl (C=O) groups is 1. The molecule has 4 aromatic rings. The molecule has 9 heteroatoms. The van der Waals surface area contributed by atoms with Gasteiger partial charge in [-0.05, 0) is 18.2 Å². The van der Waals surface area contributed by atoms with Gasteiger partial charge in [0.25, 0.3) is 5.69 Å². The lowest BCUT2D eigenvalue weighted by molar-refractivity contribution is -0.384. The Balaban J connectivity index is 1.62. The number of rotatable bonds is 7. The lowest BCUT2D eigenvalue weighted by Gasteiger charge is -2.10. The summed E-state index contributed by atoms with van der Waals surface area (Å²) in [5.41, 5.74) is 2.67. The molecule has 0 radical (unpaired) electrons. The molecule has 0 spiro atoms. The topological polar surface area (TPSA) is 109 Å². The van der Waals surface area contributed by atoms with Crippen LogP contribution in [0.3, 0.4) is 0 Å². The third kappa shape index (κ3) is 5.02. The van der Waals surface area contributed by atoms with Crippen LogP contribution in [0.15, 0.2) is 84.4 Å². The van der Waals surface area contributed by atoms with E-state index in [0.717, 1.165) is 0 Å². The van der Waals surface area contributed by atoms with Crippen molar-refractivity contribution in [1.82, 2.24) is 4.98 Å². The standard InChI is InChI=1S/C25H15ClN4O3S/c26-19-9-10-22(21(12-19)24(31)16-5-2-1-3-6-16)28-14-18(13-27)25-29-23(15-34-25)17-7-4-8-20(11-17)30(32)33/h1-12,14-15,28H. The number of nitro groups is 1. The number of hydrogen-bond donors (Lipinski definition) is 1. The molecule has 0 aliphatic heterocycles. The molecule has 0 aliphatic rings. The number of nitriles is 1. The maximum Gasteiger partial charge on any atom is 0.270 e. The van der Waals surface area contributed by atoms with Crippen LogP contribution in [0.1, 0.15) is 20.9 Å². The van der Waals surface area contributed by atoms with E-state index in [1.807, 2.05) is 6.07 Å². The summed E-state index contributed by atoms with van der Waals surface area (Å²) in [6.07, 6.45) is 1.47. The lowest BCUT2D eigenvalue weighted by atomic mass is 10.0. The number of allylic oxidation sites excluding steroid dienone is 1. The average Bonchev–Trinajstić information content (AvgIpc) is 3.35. The van der Waals surface area contributed by atoms with E-state index in [9.17, 15) is 20.2 Å². The van der Waals surface area contributed by atoms with Gasteiger partial charge in [-0.25, -0.2) is 4.98 Å². The number of halogens is 1. The van der Waals surface area contributed by atoms with Gasteiger partial charge in [0.15, 0.2) is 5.78 Å². The average molecular weight is 487 g/mol. The van der Waals surface area contributed by atoms with E-state index in [-0.39, 0.29) is 17.0 Å². The minimum Gasteiger partial charge on any atom is -0.360 e. The maximum absolute atomic E-state index is 13.0. The molecule has 1 heterocycles. The van der Waals surface area contributed by atoms with E-state index in [4.69, 9.17) is 11.6 Å². The molecule has 34 heavy (non-hydrogen) atoms. The number of nitrogens with zero attached hydrogens (tertiary/aromatic N) is 3. The molecule has 0 bridgehead atoms. The lowest BCUT2D eigenvalue weighted by Crippen LogP contribution is -2.05. The van der Waals surface area contributed by atoms with E-state index in [1.165, 1.54) is 29.7 Å². The Kier molecular flexibility index (Phi) is 6.78. The highest BCUT2D eigenvalue weighted by Crippen LogP contribution is 2.29. The summed E-state index contributed by atoms with van der Waals surface area (Å²) in [4.78, 5) is 28.0. The number of hydrogen-bond acceptors (Lipinski definition) is 7. The van der Waals surface area contributed by atoms with Gasteiger partial charge in [-0.15, -0.1) is 11.3 Å². The molecule has 0 saturated carbocycles. The summed E-state index contributed by atoms with van der Waals surface area (Å²) in [6.45, 7) is 0. The third-order valence-corrected chi connectivity index (χ3v) is 5.95. The summed E-state index contributed by atoms with van der Waals surface area (Å²) >= 11 is 7.36. The second-order valence-electron chi connectivity index (χ2n) is 7.04. The zero-order valence-corrected chi connectivity index (χ0v) is 19.0. The van der Waals surface area contributed by atoms with Crippen LogP contribution < -0.4 is 5.32 Å². The molecule has 0 fully saturated rings. The molecule has 1 N–H and O–H groups in total. The zero-order chi connectivity index (χ0) is 24.1. The highest BCUT2D eigenvalue weighted by molar-refractivity contribution is 7.11. The molecule has 0 aliphatic carbocycles. The van der Waals surface area contributed by atoms with Crippen LogP contribution in [0.5, 0.6) is 0 Å². The van der Waals surface area contributed by atoms with Gasteiger partial charge in [-0.2, -0.15) is 5.26 Å². The van der Waals surface area contributed by atoms with Gasteiger partial charge in [0.05, 0.1) is 10.6 Å². The fourth-order valence-electron chi connectivity index (χ4n) is 3.18. The molecule has 3 aromatic carbocycles. The van der Waals surface area contributed by atoms with E-state index in [1.54, 1.807) is 60.0 Å². The first-order chi connectivity index (χ1) is 16.5. The molecule has 166 valence electrons. The van der Waals surface area contributed by atoms with Gasteiger partial charge in [-0.1, -0.05) is 54.1 Å². The summed E-state index contributed by atoms with van der Waals surface area (Å²) in [5.74, 6) is -0.209. The number of carbonyl (C=O) groups excluding carboxylic acids is 1. The second kappa shape index (κ2) is 10.1. The number of aromatic nitrogens is 1. The van der Waals surface area contributed by atoms with E-state index < -0.39 is 4.92 Å². The van der Waals surface area contributed by atoms with Crippen molar-refractivity contribution in [3.05, 3.63) is 116 Å². The Morgan fingerprint density at radius 2 is 1.91 bits per heavy atom. The monoisotopic (exact) mass is 486 g/mol. The number of anilines is 1. The van der Waals surface area contributed by atoms with Crippen molar-refractivity contribution in [3.8, 4) is 17.3 Å². The Morgan fingerprint density at radius 3 is 2.65 bits per heavy atom. The predicted octanol–water partition coefficient (Wildman–Crippen LogP) is 6.58. The van der Waals surface area contributed by atoms with E-state index in [0.29, 0.717) is 38.1 Å². The van der Waals surface area contributed by atoms with Gasteiger partial charge in [0, 0.05) is 51.1 Å². The number of benzene rings is 3. The Hall–Kier alpha value is -4.32. The van der Waals surface area contributed by atoms with Crippen molar-refractivity contribution < 1.29 is 9.72 Å². The highest BCUT2D eigenvalue weighted by Gasteiger charge is 2.15. The van der Waals surface area contributed by atoms with E-state index in [2.05, 4.69) is 16.4 Å². The van der Waals surface area contributed by atoms with Crippen LogP contribution in [0.2, 0.25) is 5.02 Å². The maximum atomic E-state index is 13.0. The van der Waals surface area contributed by atoms with Crippen LogP contribution in [-0.4, -0.2) is 15.7 Å². The van der Waals surface area contributed by atoms with Crippen molar-refractivity contribution >= 4 is 45.7 Å². The number of nitrogens with one attached hydrogen (secondary N) is 1. The first kappa shape index (κ1) is 22.9. The molecular weight excluding hydrogens is 472 g/mol. The first-order valence-corrected chi connectivity index (χ1v) is 11.2. The van der Waals surface area contributed by atoms with Gasteiger partial charge in [-0.3, -0.25) is 14.9 Å². The number of non-ortho nitro benzene ring substituents is 1. The second-order valence-corrected chi connectivity index (χ2v) is 8.34. The van der Waals surface area contributed by atoms with Crippen LogP contribution in [0.4, 0.5) is 11.4 Å². The summed E-state index contributed by atoms with van der Waals surface area (Å²) in [5, 5.41) is 26.3. The molecule has 0 amide bonds. The fourth-order valence-corrected chi connectivity index (χ4v) is 4.14. The van der Waals surface area contributed by atoms with E-state index >= 15 is 0 Å². The molecule has 7 nitrogen and oxygen atoms in total. The Morgan fingerprint density at radius 1 is 1.12 bits per heavy atom. The van der Waals surface area contributed by atoms with Gasteiger partial charge in [0.2, 0.25) is 0 Å². The Bertz CT molecular complexity index is 1460. The summed E-state index contributed by atoms with van der Waals surface area (Å²) in [6, 6.07) is 21.9. The normalized spacial score (nSPS) is 11.0. The smallest absolute Gasteiger partial charge is 0.270 e. The zero-order valence-electron chi connectivity index (χ0n) is 17.4. The minimum atomic E-state index is -0.470. The molecule has 0 saturated heterocycles. The van der Waals surface area contributed by atoms with Crippen molar-refractivity contribution in [3.63, 3.8) is 0 Å². The van der Waals surface area contributed by atoms with Crippen molar-refractivity contribution in [2.75, 3.05) is 5.32 Å². The number of nitro benzene ring substituents is 1. The van der Waals surface area contributed by atoms with Crippen molar-refractivity contribution in [2.24, 2.45) is 0 Å². The highest BCUT2D eigenvalue weighted by atomic mass is 35.5. The van der Waals surface area contributed by atoms with Gasteiger partial charge in [0.1, 0.15) is 16.6 Å². The van der Waals surface area contributed by atoms with Crippen molar-refractivity contribution in [1.29, 1.82) is 5.26 Å². The SMILES string of the molecule is N#CC(=CNc1ccc(Cl)cc1C(=O)c1ccccc1)c1nc(-c2cccc([N+](=O)[O-])c2)cs1. The molecule has 0 atom stereocenters. The third-order valence-electron chi connectivity index (χ3n) is 4.84. The number of thiazole rings is 1. The quantitative estimate of drug-likeness (QED) is 0.137. The fraction of sp³-hybridized carbons (Fsp3) is 0. The summed E-state index contributed by atoms with van der Waals surface area (Å²) < 4.78 is 0. The molecule has 1 aromatic heterocycles. The van der Waals surface area contributed by atoms with Crippen LogP contribution >= 0.6 is 22.9 Å². The van der Waals surface area contributed by atoms with Crippen LogP contribution in [0.25, 0.3) is 16.8 Å². The predicted molar refractivity (Wildman–Crippen MR) is 133 cm³/mol. The van der Waals surface area contributed by atoms with Crippen molar-refractivity contribution in [2.45, 2.75) is 0 Å². The Labute approximate surface area is 203 Å². The molecular formula is C25H15ClN4O3S. The number of ketones is 1. The van der Waals surface area contributed by atoms with Gasteiger partial charge >= 0.3 is 0 Å². The molecule has 4 rings (SSSR count). The first-order valence-electron chi connectivity index (χ1n) is 9.93. The minimum absolute atomic E-state index is 0.0388. The largest absolute Gasteiger partial charge is 0.360 e.